The first kappa shape index (κ1) is 15.3. The van der Waals surface area contributed by atoms with E-state index in [9.17, 15) is 9.90 Å². The highest BCUT2D eigenvalue weighted by molar-refractivity contribution is 5.97. The molecule has 0 fully saturated rings. The fraction of sp³-hybridized carbons (Fsp3) is 0.353. The lowest BCUT2D eigenvalue weighted by atomic mass is 9.90. The van der Waals surface area contributed by atoms with Crippen molar-refractivity contribution in [3.63, 3.8) is 0 Å². The summed E-state index contributed by atoms with van der Waals surface area (Å²) in [7, 11) is 1.56. The van der Waals surface area contributed by atoms with Crippen LogP contribution >= 0.6 is 0 Å². The van der Waals surface area contributed by atoms with Gasteiger partial charge in [-0.15, -0.1) is 0 Å². The van der Waals surface area contributed by atoms with Crippen molar-refractivity contribution >= 4 is 5.78 Å². The number of methoxy groups -OCH3 is 1. The number of ether oxygens (including phenoxy) is 2. The van der Waals surface area contributed by atoms with E-state index in [0.717, 1.165) is 12.0 Å². The number of carbonyl (C=O) groups excluding carboxylic acids is 1. The van der Waals surface area contributed by atoms with E-state index in [1.807, 2.05) is 13.0 Å². The molecule has 0 amide bonds. The molecule has 0 radical (unpaired) electrons. The molecule has 4 heteroatoms. The normalized spacial score (nSPS) is 17.9. The van der Waals surface area contributed by atoms with E-state index in [2.05, 4.69) is 0 Å². The third kappa shape index (κ3) is 4.20. The molecular formula is C17H20O4. The Balaban J connectivity index is 1.97. The van der Waals surface area contributed by atoms with Gasteiger partial charge in [0.15, 0.2) is 12.6 Å². The maximum absolute atomic E-state index is 12.2. The highest BCUT2D eigenvalue weighted by atomic mass is 16.7. The standard InChI is InChI=1S/C17H20O4/c1-12-9-13(3-8-16(12)18)10-17(19)14-4-6-15(7-5-14)21-11-20-2/h3-8,12,18H,9-11H2,1-2H3. The quantitative estimate of drug-likeness (QED) is 0.641. The van der Waals surface area contributed by atoms with Gasteiger partial charge in [-0.2, -0.15) is 0 Å². The smallest absolute Gasteiger partial charge is 0.188 e. The molecule has 0 aromatic heterocycles. The lowest BCUT2D eigenvalue weighted by molar-refractivity contribution is 0.0511. The van der Waals surface area contributed by atoms with Crippen LogP contribution in [0.2, 0.25) is 0 Å². The van der Waals surface area contributed by atoms with Gasteiger partial charge in [0, 0.05) is 25.0 Å². The molecule has 1 aliphatic carbocycles. The maximum Gasteiger partial charge on any atom is 0.188 e. The van der Waals surface area contributed by atoms with Gasteiger partial charge in [-0.3, -0.25) is 4.79 Å². The van der Waals surface area contributed by atoms with E-state index in [4.69, 9.17) is 9.47 Å². The van der Waals surface area contributed by atoms with Crippen molar-refractivity contribution < 1.29 is 19.4 Å². The van der Waals surface area contributed by atoms with Crippen LogP contribution in [0.1, 0.15) is 30.1 Å². The molecule has 1 aromatic carbocycles. The first-order valence-corrected chi connectivity index (χ1v) is 6.93. The van der Waals surface area contributed by atoms with Crippen LogP contribution in [-0.2, 0) is 4.74 Å². The number of hydrogen-bond donors (Lipinski definition) is 1. The van der Waals surface area contributed by atoms with Crippen molar-refractivity contribution in [1.82, 2.24) is 0 Å². The number of carbonyl (C=O) groups is 1. The molecule has 0 heterocycles. The predicted octanol–water partition coefficient (Wildman–Crippen LogP) is 3.65. The second kappa shape index (κ2) is 7.09. The van der Waals surface area contributed by atoms with Crippen molar-refractivity contribution in [1.29, 1.82) is 0 Å². The van der Waals surface area contributed by atoms with Gasteiger partial charge in [0.25, 0.3) is 0 Å². The molecule has 112 valence electrons. The molecule has 1 aromatic rings. The van der Waals surface area contributed by atoms with Crippen LogP contribution in [0.4, 0.5) is 0 Å². The van der Waals surface area contributed by atoms with Crippen molar-refractivity contribution in [3.05, 3.63) is 53.3 Å². The minimum atomic E-state index is 0.0709. The van der Waals surface area contributed by atoms with Crippen LogP contribution in [0.25, 0.3) is 0 Å². The van der Waals surface area contributed by atoms with Crippen LogP contribution in [0.15, 0.2) is 47.7 Å². The molecule has 1 atom stereocenters. The molecule has 1 N–H and O–H groups in total. The lowest BCUT2D eigenvalue weighted by Crippen LogP contribution is -2.08. The zero-order valence-electron chi connectivity index (χ0n) is 12.3. The number of rotatable bonds is 6. The summed E-state index contributed by atoms with van der Waals surface area (Å²) >= 11 is 0. The summed E-state index contributed by atoms with van der Waals surface area (Å²) in [6.45, 7) is 2.14. The molecule has 0 aliphatic heterocycles. The predicted molar refractivity (Wildman–Crippen MR) is 80.5 cm³/mol. The monoisotopic (exact) mass is 288 g/mol. The van der Waals surface area contributed by atoms with Crippen LogP contribution in [0, 0.1) is 5.92 Å². The minimum absolute atomic E-state index is 0.0709. The first-order chi connectivity index (χ1) is 10.1. The van der Waals surface area contributed by atoms with Crippen molar-refractivity contribution in [2.75, 3.05) is 13.9 Å². The molecule has 21 heavy (non-hydrogen) atoms. The number of allylic oxidation sites excluding steroid dienone is 4. The summed E-state index contributed by atoms with van der Waals surface area (Å²) in [6, 6.07) is 7.03. The van der Waals surface area contributed by atoms with Crippen LogP contribution in [-0.4, -0.2) is 24.8 Å². The van der Waals surface area contributed by atoms with E-state index in [1.54, 1.807) is 37.5 Å². The topological polar surface area (TPSA) is 55.8 Å². The Hall–Kier alpha value is -2.07. The maximum atomic E-state index is 12.2. The average Bonchev–Trinajstić information content (AvgIpc) is 2.49. The zero-order chi connectivity index (χ0) is 15.2. The van der Waals surface area contributed by atoms with Gasteiger partial charge in [-0.25, -0.2) is 0 Å². The summed E-state index contributed by atoms with van der Waals surface area (Å²) in [5.74, 6) is 1.21. The number of ketones is 1. The third-order valence-electron chi connectivity index (χ3n) is 3.47. The van der Waals surface area contributed by atoms with Gasteiger partial charge in [0.05, 0.1) is 5.76 Å². The summed E-state index contributed by atoms with van der Waals surface area (Å²) < 4.78 is 10.1. The molecule has 0 saturated heterocycles. The highest BCUT2D eigenvalue weighted by Gasteiger charge is 2.17. The van der Waals surface area contributed by atoms with Gasteiger partial charge in [-0.05, 0) is 36.8 Å². The molecule has 1 unspecified atom stereocenters. The zero-order valence-corrected chi connectivity index (χ0v) is 12.3. The Morgan fingerprint density at radius 3 is 2.62 bits per heavy atom. The Bertz CT molecular complexity index is 555. The number of hydrogen-bond acceptors (Lipinski definition) is 4. The summed E-state index contributed by atoms with van der Waals surface area (Å²) in [4.78, 5) is 12.2. The van der Waals surface area contributed by atoms with Crippen molar-refractivity contribution in [2.24, 2.45) is 5.92 Å². The lowest BCUT2D eigenvalue weighted by Gasteiger charge is -2.17. The number of benzene rings is 1. The average molecular weight is 288 g/mol. The summed E-state index contributed by atoms with van der Waals surface area (Å²) in [6.07, 6.45) is 4.62. The molecule has 4 nitrogen and oxygen atoms in total. The van der Waals surface area contributed by atoms with Crippen LogP contribution in [0.5, 0.6) is 5.75 Å². The Labute approximate surface area is 124 Å². The fourth-order valence-corrected chi connectivity index (χ4v) is 2.24. The molecule has 0 bridgehead atoms. The Morgan fingerprint density at radius 2 is 2.00 bits per heavy atom. The first-order valence-electron chi connectivity index (χ1n) is 6.93. The molecule has 0 saturated carbocycles. The van der Waals surface area contributed by atoms with Gasteiger partial charge in [0.1, 0.15) is 5.75 Å². The van der Waals surface area contributed by atoms with Crippen molar-refractivity contribution in [3.8, 4) is 5.75 Å². The highest BCUT2D eigenvalue weighted by Crippen LogP contribution is 2.26. The summed E-state index contributed by atoms with van der Waals surface area (Å²) in [5.41, 5.74) is 1.71. The number of aliphatic hydroxyl groups excluding tert-OH is 1. The van der Waals surface area contributed by atoms with Gasteiger partial charge >= 0.3 is 0 Å². The van der Waals surface area contributed by atoms with E-state index in [-0.39, 0.29) is 18.5 Å². The Kier molecular flexibility index (Phi) is 5.17. The second-order valence-electron chi connectivity index (χ2n) is 5.20. The number of aliphatic hydroxyl groups is 1. The fourth-order valence-electron chi connectivity index (χ4n) is 2.24. The van der Waals surface area contributed by atoms with E-state index in [1.165, 1.54) is 0 Å². The van der Waals surface area contributed by atoms with Crippen LogP contribution in [0.3, 0.4) is 0 Å². The van der Waals surface area contributed by atoms with E-state index >= 15 is 0 Å². The van der Waals surface area contributed by atoms with E-state index < -0.39 is 0 Å². The Morgan fingerprint density at radius 1 is 1.29 bits per heavy atom. The van der Waals surface area contributed by atoms with Gasteiger partial charge in [-0.1, -0.05) is 18.6 Å². The van der Waals surface area contributed by atoms with Gasteiger partial charge in [0.2, 0.25) is 0 Å². The van der Waals surface area contributed by atoms with Crippen molar-refractivity contribution in [2.45, 2.75) is 19.8 Å². The molecular weight excluding hydrogens is 268 g/mol. The molecule has 2 rings (SSSR count). The second-order valence-corrected chi connectivity index (χ2v) is 5.20. The molecule has 1 aliphatic rings. The molecule has 0 spiro atoms. The van der Waals surface area contributed by atoms with Crippen LogP contribution < -0.4 is 4.74 Å². The van der Waals surface area contributed by atoms with Gasteiger partial charge < -0.3 is 14.6 Å². The van der Waals surface area contributed by atoms with E-state index in [0.29, 0.717) is 23.5 Å². The third-order valence-corrected chi connectivity index (χ3v) is 3.47. The SMILES string of the molecule is COCOc1ccc(C(=O)CC2=CC=C(O)C(C)C2)cc1. The number of Topliss-reactive ketones (excluding diaryl/α,β-unsaturated/α-hetero) is 1. The minimum Gasteiger partial charge on any atom is -0.512 e. The summed E-state index contributed by atoms with van der Waals surface area (Å²) in [5, 5.41) is 9.56. The largest absolute Gasteiger partial charge is 0.512 e.